The van der Waals surface area contributed by atoms with Crippen LogP contribution in [0.1, 0.15) is 50.8 Å². The molecule has 134 valence electrons. The second kappa shape index (κ2) is 6.98. The summed E-state index contributed by atoms with van der Waals surface area (Å²) < 4.78 is 0. The summed E-state index contributed by atoms with van der Waals surface area (Å²) in [6.45, 7) is 5.06. The van der Waals surface area contributed by atoms with Crippen molar-refractivity contribution in [2.75, 3.05) is 31.1 Å². The highest BCUT2D eigenvalue weighted by Crippen LogP contribution is 2.32. The average Bonchev–Trinajstić information content (AvgIpc) is 3.33. The van der Waals surface area contributed by atoms with Gasteiger partial charge in [-0.2, -0.15) is 5.10 Å². The van der Waals surface area contributed by atoms with Crippen LogP contribution in [0.3, 0.4) is 0 Å². The number of rotatable bonds is 2. The lowest BCUT2D eigenvalue weighted by Crippen LogP contribution is -2.52. The molecule has 2 amide bonds. The van der Waals surface area contributed by atoms with Crippen molar-refractivity contribution in [3.05, 3.63) is 18.1 Å². The van der Waals surface area contributed by atoms with Gasteiger partial charge in [-0.3, -0.25) is 0 Å². The van der Waals surface area contributed by atoms with Crippen LogP contribution in [0.4, 0.5) is 10.6 Å². The summed E-state index contributed by atoms with van der Waals surface area (Å²) in [7, 11) is 0. The molecule has 0 radical (unpaired) electrons. The summed E-state index contributed by atoms with van der Waals surface area (Å²) >= 11 is 0. The Hall–Kier alpha value is -2.18. The first-order valence-corrected chi connectivity index (χ1v) is 9.41. The topological polar surface area (TPSA) is 64.9 Å². The van der Waals surface area contributed by atoms with Crippen molar-refractivity contribution in [3.63, 3.8) is 0 Å². The van der Waals surface area contributed by atoms with E-state index in [-0.39, 0.29) is 12.1 Å². The van der Waals surface area contributed by atoms with Crippen LogP contribution in [0.2, 0.25) is 0 Å². The molecule has 1 aromatic rings. The number of piperazine rings is 1. The first-order valence-electron chi connectivity index (χ1n) is 9.41. The highest BCUT2D eigenvalue weighted by Gasteiger charge is 2.30. The van der Waals surface area contributed by atoms with Crippen LogP contribution < -0.4 is 4.90 Å². The Balaban J connectivity index is 1.38. The van der Waals surface area contributed by atoms with Crippen LogP contribution in [-0.2, 0) is 0 Å². The monoisotopic (exact) mass is 342 g/mol. The smallest absolute Gasteiger partial charge is 0.340 e. The van der Waals surface area contributed by atoms with E-state index in [9.17, 15) is 4.79 Å². The number of nitrogens with zero attached hydrogens (tertiary/aromatic N) is 6. The predicted octanol–water partition coefficient (Wildman–Crippen LogP) is 2.46. The number of hydrogen-bond acceptors (Lipinski definition) is 5. The highest BCUT2D eigenvalue weighted by atomic mass is 16.2. The van der Waals surface area contributed by atoms with E-state index in [0.717, 1.165) is 31.2 Å². The van der Waals surface area contributed by atoms with Crippen molar-refractivity contribution in [1.29, 1.82) is 0 Å². The van der Waals surface area contributed by atoms with Gasteiger partial charge >= 0.3 is 6.03 Å². The zero-order chi connectivity index (χ0) is 17.2. The lowest BCUT2D eigenvalue weighted by molar-refractivity contribution is 0.142. The SMILES string of the molecule is CC1CC=NN1C(=O)N1CCN(c2ccnc(C3CCCC3)n2)CC1. The van der Waals surface area contributed by atoms with Gasteiger partial charge in [-0.1, -0.05) is 12.8 Å². The third-order valence-electron chi connectivity index (χ3n) is 5.52. The molecule has 1 saturated carbocycles. The van der Waals surface area contributed by atoms with E-state index >= 15 is 0 Å². The summed E-state index contributed by atoms with van der Waals surface area (Å²) in [6.07, 6.45) is 9.54. The van der Waals surface area contributed by atoms with Gasteiger partial charge in [0.1, 0.15) is 11.6 Å². The maximum atomic E-state index is 12.6. The number of hydrogen-bond donors (Lipinski definition) is 0. The van der Waals surface area contributed by atoms with Crippen LogP contribution in [0.15, 0.2) is 17.4 Å². The standard InChI is InChI=1S/C18H26N6O/c1-14-6-9-20-24(14)18(25)23-12-10-22(11-13-23)16-7-8-19-17(21-16)15-4-2-3-5-15/h7-9,14-15H,2-6,10-13H2,1H3. The Morgan fingerprint density at radius 2 is 1.92 bits per heavy atom. The molecule has 4 rings (SSSR count). The number of anilines is 1. The maximum absolute atomic E-state index is 12.6. The third kappa shape index (κ3) is 3.32. The largest absolute Gasteiger partial charge is 0.353 e. The van der Waals surface area contributed by atoms with Crippen LogP contribution >= 0.6 is 0 Å². The van der Waals surface area contributed by atoms with Gasteiger partial charge < -0.3 is 9.80 Å². The fourth-order valence-corrected chi connectivity index (χ4v) is 3.93. The minimum absolute atomic E-state index is 0.0234. The van der Waals surface area contributed by atoms with Crippen LogP contribution in [0.5, 0.6) is 0 Å². The molecule has 0 N–H and O–H groups in total. The molecule has 1 unspecified atom stereocenters. The first kappa shape index (κ1) is 16.3. The second-order valence-corrected chi connectivity index (χ2v) is 7.24. The molecule has 0 bridgehead atoms. The van der Waals surface area contributed by atoms with Crippen molar-refractivity contribution in [3.8, 4) is 0 Å². The zero-order valence-corrected chi connectivity index (χ0v) is 14.8. The van der Waals surface area contributed by atoms with Crippen LogP contribution in [-0.4, -0.2) is 64.3 Å². The Morgan fingerprint density at radius 1 is 1.16 bits per heavy atom. The van der Waals surface area contributed by atoms with E-state index in [1.54, 1.807) is 5.01 Å². The van der Waals surface area contributed by atoms with E-state index in [4.69, 9.17) is 4.98 Å². The second-order valence-electron chi connectivity index (χ2n) is 7.24. The predicted molar refractivity (Wildman–Crippen MR) is 96.8 cm³/mol. The van der Waals surface area contributed by atoms with Gasteiger partial charge in [0, 0.05) is 50.9 Å². The molecule has 0 spiro atoms. The van der Waals surface area contributed by atoms with Crippen molar-refractivity contribution < 1.29 is 4.79 Å². The number of carbonyl (C=O) groups excluding carboxylic acids is 1. The lowest BCUT2D eigenvalue weighted by Gasteiger charge is -2.37. The molecule has 1 aliphatic carbocycles. The van der Waals surface area contributed by atoms with E-state index in [0.29, 0.717) is 19.0 Å². The molecule has 25 heavy (non-hydrogen) atoms. The van der Waals surface area contributed by atoms with Gasteiger partial charge in [-0.05, 0) is 25.8 Å². The van der Waals surface area contributed by atoms with Crippen molar-refractivity contribution in [1.82, 2.24) is 19.9 Å². The Kier molecular flexibility index (Phi) is 4.55. The summed E-state index contributed by atoms with van der Waals surface area (Å²) in [5, 5.41) is 5.82. The molecule has 0 aromatic carbocycles. The molecule has 7 heteroatoms. The Labute approximate surface area is 148 Å². The van der Waals surface area contributed by atoms with Crippen LogP contribution in [0, 0.1) is 0 Å². The lowest BCUT2D eigenvalue weighted by atomic mass is 10.1. The van der Waals surface area contributed by atoms with Crippen molar-refractivity contribution in [2.24, 2.45) is 5.10 Å². The summed E-state index contributed by atoms with van der Waals surface area (Å²) in [5.74, 6) is 2.52. The van der Waals surface area contributed by atoms with Gasteiger partial charge in [0.15, 0.2) is 0 Å². The molecule has 3 aliphatic rings. The molecule has 2 aliphatic heterocycles. The summed E-state index contributed by atoms with van der Waals surface area (Å²) in [4.78, 5) is 26.0. The van der Waals surface area contributed by atoms with Crippen LogP contribution in [0.25, 0.3) is 0 Å². The summed E-state index contributed by atoms with van der Waals surface area (Å²) in [5.41, 5.74) is 0. The van der Waals surface area contributed by atoms with E-state index in [1.807, 2.05) is 30.3 Å². The van der Waals surface area contributed by atoms with Crippen molar-refractivity contribution in [2.45, 2.75) is 51.0 Å². The zero-order valence-electron chi connectivity index (χ0n) is 14.8. The quantitative estimate of drug-likeness (QED) is 0.828. The van der Waals surface area contributed by atoms with Gasteiger partial charge in [-0.25, -0.2) is 19.8 Å². The maximum Gasteiger partial charge on any atom is 0.340 e. The Bertz CT molecular complexity index is 649. The van der Waals surface area contributed by atoms with E-state index < -0.39 is 0 Å². The van der Waals surface area contributed by atoms with Gasteiger partial charge in [-0.15, -0.1) is 0 Å². The molecule has 3 heterocycles. The summed E-state index contributed by atoms with van der Waals surface area (Å²) in [6, 6.07) is 2.18. The molecular formula is C18H26N6O. The number of amides is 2. The number of hydrazone groups is 1. The Morgan fingerprint density at radius 3 is 2.60 bits per heavy atom. The fourth-order valence-electron chi connectivity index (χ4n) is 3.93. The molecule has 7 nitrogen and oxygen atoms in total. The fraction of sp³-hybridized carbons (Fsp3) is 0.667. The minimum Gasteiger partial charge on any atom is -0.353 e. The number of carbonyl (C=O) groups is 1. The minimum atomic E-state index is 0.0234. The molecule has 1 aromatic heterocycles. The van der Waals surface area contributed by atoms with E-state index in [2.05, 4.69) is 15.0 Å². The van der Waals surface area contributed by atoms with Gasteiger partial charge in [0.2, 0.25) is 0 Å². The molecular weight excluding hydrogens is 316 g/mol. The molecule has 1 atom stereocenters. The van der Waals surface area contributed by atoms with Gasteiger partial charge in [0.05, 0.1) is 6.04 Å². The van der Waals surface area contributed by atoms with Crippen molar-refractivity contribution >= 4 is 18.1 Å². The molecule has 2 fully saturated rings. The highest BCUT2D eigenvalue weighted by molar-refractivity contribution is 5.78. The average molecular weight is 342 g/mol. The third-order valence-corrected chi connectivity index (χ3v) is 5.52. The normalized spacial score (nSPS) is 24.4. The molecule has 1 saturated heterocycles. The number of urea groups is 1. The first-order chi connectivity index (χ1) is 12.2. The number of aromatic nitrogens is 2. The van der Waals surface area contributed by atoms with E-state index in [1.165, 1.54) is 25.7 Å². The van der Waals surface area contributed by atoms with Gasteiger partial charge in [0.25, 0.3) is 0 Å².